The van der Waals surface area contributed by atoms with Crippen molar-refractivity contribution in [3.63, 3.8) is 0 Å². The number of piperidine rings is 1. The number of benzene rings is 1. The standard InChI is InChI=1S/C15H23FN2/c1-3-12-10-18(9-8-15(12)17)11(2)13-4-6-14(16)7-5-13/h4-7,11-12,15H,3,8-10,17H2,1-2H3. The van der Waals surface area contributed by atoms with Crippen LogP contribution < -0.4 is 5.73 Å². The van der Waals surface area contributed by atoms with Crippen LogP contribution in [0, 0.1) is 11.7 Å². The summed E-state index contributed by atoms with van der Waals surface area (Å²) in [4.78, 5) is 2.46. The van der Waals surface area contributed by atoms with Crippen LogP contribution in [0.15, 0.2) is 24.3 Å². The van der Waals surface area contributed by atoms with Gasteiger partial charge in [0.1, 0.15) is 5.82 Å². The molecule has 0 amide bonds. The SMILES string of the molecule is CCC1CN(C(C)c2ccc(F)cc2)CCC1N. The summed E-state index contributed by atoms with van der Waals surface area (Å²) in [5.41, 5.74) is 7.32. The molecule has 18 heavy (non-hydrogen) atoms. The molecule has 2 nitrogen and oxygen atoms in total. The van der Waals surface area contributed by atoms with Gasteiger partial charge in [0.2, 0.25) is 0 Å². The molecule has 1 aliphatic heterocycles. The van der Waals surface area contributed by atoms with E-state index < -0.39 is 0 Å². The average molecular weight is 250 g/mol. The molecule has 1 aromatic rings. The van der Waals surface area contributed by atoms with Gasteiger partial charge in [-0.05, 0) is 37.0 Å². The molecular weight excluding hydrogens is 227 g/mol. The number of halogens is 1. The van der Waals surface area contributed by atoms with Crippen LogP contribution in [0.5, 0.6) is 0 Å². The molecule has 0 aromatic heterocycles. The third kappa shape index (κ3) is 2.90. The summed E-state index contributed by atoms with van der Waals surface area (Å²) in [6.45, 7) is 6.49. The molecule has 0 radical (unpaired) electrons. The first-order chi connectivity index (χ1) is 8.61. The largest absolute Gasteiger partial charge is 0.327 e. The number of nitrogens with zero attached hydrogens (tertiary/aromatic N) is 1. The summed E-state index contributed by atoms with van der Waals surface area (Å²) >= 11 is 0. The van der Waals surface area contributed by atoms with Crippen molar-refractivity contribution in [2.24, 2.45) is 11.7 Å². The van der Waals surface area contributed by atoms with Gasteiger partial charge in [-0.3, -0.25) is 4.90 Å². The zero-order chi connectivity index (χ0) is 13.1. The Morgan fingerprint density at radius 3 is 2.67 bits per heavy atom. The Labute approximate surface area is 109 Å². The first kappa shape index (κ1) is 13.5. The Kier molecular flexibility index (Phi) is 4.36. The summed E-state index contributed by atoms with van der Waals surface area (Å²) in [6.07, 6.45) is 2.19. The number of rotatable bonds is 3. The van der Waals surface area contributed by atoms with Crippen LogP contribution in [-0.2, 0) is 0 Å². The number of hydrogen-bond acceptors (Lipinski definition) is 2. The number of hydrogen-bond donors (Lipinski definition) is 1. The molecule has 0 spiro atoms. The first-order valence-electron chi connectivity index (χ1n) is 6.87. The molecule has 0 saturated carbocycles. The van der Waals surface area contributed by atoms with Gasteiger partial charge in [0.15, 0.2) is 0 Å². The predicted octanol–water partition coefficient (Wildman–Crippen LogP) is 2.95. The Hall–Kier alpha value is -0.930. The van der Waals surface area contributed by atoms with E-state index in [1.807, 2.05) is 12.1 Å². The fourth-order valence-corrected chi connectivity index (χ4v) is 2.81. The molecule has 1 heterocycles. The van der Waals surface area contributed by atoms with E-state index in [2.05, 4.69) is 18.7 Å². The van der Waals surface area contributed by atoms with Crippen LogP contribution in [0.25, 0.3) is 0 Å². The molecule has 1 aliphatic rings. The van der Waals surface area contributed by atoms with Crippen molar-refractivity contribution < 1.29 is 4.39 Å². The van der Waals surface area contributed by atoms with E-state index in [9.17, 15) is 4.39 Å². The van der Waals surface area contributed by atoms with Crippen LogP contribution in [-0.4, -0.2) is 24.0 Å². The van der Waals surface area contributed by atoms with Gasteiger partial charge in [0.25, 0.3) is 0 Å². The molecule has 1 fully saturated rings. The van der Waals surface area contributed by atoms with Gasteiger partial charge >= 0.3 is 0 Å². The molecule has 3 unspecified atom stereocenters. The monoisotopic (exact) mass is 250 g/mol. The maximum atomic E-state index is 12.9. The van der Waals surface area contributed by atoms with Crippen molar-refractivity contribution in [2.45, 2.75) is 38.8 Å². The van der Waals surface area contributed by atoms with Crippen LogP contribution in [0.4, 0.5) is 4.39 Å². The zero-order valence-corrected chi connectivity index (χ0v) is 11.3. The Morgan fingerprint density at radius 2 is 2.06 bits per heavy atom. The highest BCUT2D eigenvalue weighted by Gasteiger charge is 2.28. The summed E-state index contributed by atoms with van der Waals surface area (Å²) in [5.74, 6) is 0.416. The van der Waals surface area contributed by atoms with Gasteiger partial charge in [-0.1, -0.05) is 25.5 Å². The lowest BCUT2D eigenvalue weighted by Crippen LogP contribution is -2.47. The molecule has 3 heteroatoms. The quantitative estimate of drug-likeness (QED) is 0.893. The molecule has 1 saturated heterocycles. The third-order valence-electron chi connectivity index (χ3n) is 4.25. The van der Waals surface area contributed by atoms with Crippen molar-refractivity contribution in [1.82, 2.24) is 4.90 Å². The van der Waals surface area contributed by atoms with Gasteiger partial charge in [-0.15, -0.1) is 0 Å². The summed E-state index contributed by atoms with van der Waals surface area (Å²) in [5, 5.41) is 0. The van der Waals surface area contributed by atoms with Crippen molar-refractivity contribution in [1.29, 1.82) is 0 Å². The molecule has 0 bridgehead atoms. The van der Waals surface area contributed by atoms with Gasteiger partial charge in [-0.2, -0.15) is 0 Å². The molecule has 100 valence electrons. The lowest BCUT2D eigenvalue weighted by molar-refractivity contribution is 0.114. The minimum Gasteiger partial charge on any atom is -0.327 e. The zero-order valence-electron chi connectivity index (χ0n) is 11.3. The van der Waals surface area contributed by atoms with Gasteiger partial charge in [0, 0.05) is 25.2 Å². The van der Waals surface area contributed by atoms with Crippen LogP contribution in [0.1, 0.15) is 38.3 Å². The van der Waals surface area contributed by atoms with E-state index in [-0.39, 0.29) is 5.82 Å². The van der Waals surface area contributed by atoms with E-state index in [0.29, 0.717) is 18.0 Å². The fourth-order valence-electron chi connectivity index (χ4n) is 2.81. The average Bonchev–Trinajstić information content (AvgIpc) is 2.39. The maximum Gasteiger partial charge on any atom is 0.123 e. The molecule has 2 N–H and O–H groups in total. The summed E-state index contributed by atoms with van der Waals surface area (Å²) in [6, 6.07) is 7.53. The normalized spacial score (nSPS) is 27.1. The molecular formula is C15H23FN2. The van der Waals surface area contributed by atoms with Gasteiger partial charge < -0.3 is 5.73 Å². The second-order valence-corrected chi connectivity index (χ2v) is 5.34. The highest BCUT2D eigenvalue weighted by molar-refractivity contribution is 5.19. The van der Waals surface area contributed by atoms with E-state index in [1.54, 1.807) is 12.1 Å². The highest BCUT2D eigenvalue weighted by Crippen LogP contribution is 2.27. The second kappa shape index (κ2) is 5.81. The van der Waals surface area contributed by atoms with Crippen LogP contribution in [0.2, 0.25) is 0 Å². The van der Waals surface area contributed by atoms with Gasteiger partial charge in [0.05, 0.1) is 0 Å². The Balaban J connectivity index is 2.05. The smallest absolute Gasteiger partial charge is 0.123 e. The number of nitrogens with two attached hydrogens (primary N) is 1. The fraction of sp³-hybridized carbons (Fsp3) is 0.600. The molecule has 0 aliphatic carbocycles. The third-order valence-corrected chi connectivity index (χ3v) is 4.25. The first-order valence-corrected chi connectivity index (χ1v) is 6.87. The van der Waals surface area contributed by atoms with Gasteiger partial charge in [-0.25, -0.2) is 4.39 Å². The van der Waals surface area contributed by atoms with Crippen molar-refractivity contribution in [3.8, 4) is 0 Å². The summed E-state index contributed by atoms with van der Waals surface area (Å²) in [7, 11) is 0. The second-order valence-electron chi connectivity index (χ2n) is 5.34. The highest BCUT2D eigenvalue weighted by atomic mass is 19.1. The lowest BCUT2D eigenvalue weighted by atomic mass is 9.89. The lowest BCUT2D eigenvalue weighted by Gasteiger charge is -2.40. The topological polar surface area (TPSA) is 29.3 Å². The summed E-state index contributed by atoms with van der Waals surface area (Å²) < 4.78 is 12.9. The minimum absolute atomic E-state index is 0.168. The molecule has 1 aromatic carbocycles. The maximum absolute atomic E-state index is 12.9. The minimum atomic E-state index is -0.168. The van der Waals surface area contributed by atoms with Crippen LogP contribution in [0.3, 0.4) is 0 Å². The Morgan fingerprint density at radius 1 is 1.39 bits per heavy atom. The van der Waals surface area contributed by atoms with E-state index in [4.69, 9.17) is 5.73 Å². The van der Waals surface area contributed by atoms with E-state index >= 15 is 0 Å². The molecule has 2 rings (SSSR count). The van der Waals surface area contributed by atoms with Crippen molar-refractivity contribution in [3.05, 3.63) is 35.6 Å². The molecule has 3 atom stereocenters. The van der Waals surface area contributed by atoms with E-state index in [0.717, 1.165) is 25.9 Å². The van der Waals surface area contributed by atoms with Crippen LogP contribution >= 0.6 is 0 Å². The predicted molar refractivity (Wildman–Crippen MR) is 72.8 cm³/mol. The Bertz CT molecular complexity index is 377. The number of likely N-dealkylation sites (tertiary alicyclic amines) is 1. The van der Waals surface area contributed by atoms with Crippen molar-refractivity contribution >= 4 is 0 Å². The van der Waals surface area contributed by atoms with E-state index in [1.165, 1.54) is 5.56 Å². The van der Waals surface area contributed by atoms with Crippen molar-refractivity contribution in [2.75, 3.05) is 13.1 Å².